The minimum absolute atomic E-state index is 0.532. The van der Waals surface area contributed by atoms with Crippen LogP contribution in [0.1, 0.15) is 28.3 Å². The number of hydrogen-bond acceptors (Lipinski definition) is 5. The van der Waals surface area contributed by atoms with E-state index in [0.717, 1.165) is 53.2 Å². The average Bonchev–Trinajstić information content (AvgIpc) is 3.14. The molecule has 170 valence electrons. The maximum absolute atomic E-state index is 5.44. The van der Waals surface area contributed by atoms with E-state index in [9.17, 15) is 0 Å². The maximum atomic E-state index is 5.44. The van der Waals surface area contributed by atoms with E-state index >= 15 is 0 Å². The van der Waals surface area contributed by atoms with E-state index in [1.807, 2.05) is 49.7 Å². The second kappa shape index (κ2) is 11.2. The van der Waals surface area contributed by atoms with Crippen molar-refractivity contribution in [2.45, 2.75) is 33.4 Å². The number of guanidine groups is 1. The zero-order valence-corrected chi connectivity index (χ0v) is 19.5. The highest BCUT2D eigenvalue weighted by molar-refractivity contribution is 5.79. The monoisotopic (exact) mass is 436 g/mol. The number of nitrogens with one attached hydrogen (secondary N) is 2. The summed E-state index contributed by atoms with van der Waals surface area (Å²) in [7, 11) is 5.32. The molecule has 3 rings (SSSR count). The quantitative estimate of drug-likeness (QED) is 0.396. The first-order chi connectivity index (χ1) is 15.5. The number of nitrogens with zero attached hydrogens (tertiary/aromatic N) is 4. The fraction of sp³-hybridized carbons (Fsp3) is 0.375. The predicted octanol–water partition coefficient (Wildman–Crippen LogP) is 2.93. The third-order valence-electron chi connectivity index (χ3n) is 5.35. The minimum atomic E-state index is 0.532. The number of aromatic nitrogens is 3. The first-order valence-corrected chi connectivity index (χ1v) is 10.6. The molecular formula is C24H32N6O2. The predicted molar refractivity (Wildman–Crippen MR) is 126 cm³/mol. The Labute approximate surface area is 189 Å². The molecule has 0 bridgehead atoms. The maximum Gasteiger partial charge on any atom is 0.191 e. The molecule has 8 nitrogen and oxygen atoms in total. The first-order valence-electron chi connectivity index (χ1n) is 10.6. The second-order valence-corrected chi connectivity index (χ2v) is 7.57. The normalized spacial score (nSPS) is 11.3. The van der Waals surface area contributed by atoms with Gasteiger partial charge in [0.15, 0.2) is 11.8 Å². The summed E-state index contributed by atoms with van der Waals surface area (Å²) in [5.41, 5.74) is 3.44. The summed E-state index contributed by atoms with van der Waals surface area (Å²) in [6, 6.07) is 14.2. The van der Waals surface area contributed by atoms with Gasteiger partial charge < -0.3 is 24.7 Å². The Morgan fingerprint density at radius 1 is 0.969 bits per heavy atom. The van der Waals surface area contributed by atoms with Gasteiger partial charge in [0.05, 0.1) is 27.3 Å². The van der Waals surface area contributed by atoms with Crippen LogP contribution in [0.3, 0.4) is 0 Å². The van der Waals surface area contributed by atoms with Crippen LogP contribution in [0.4, 0.5) is 0 Å². The van der Waals surface area contributed by atoms with E-state index in [1.54, 1.807) is 14.2 Å². The topological polar surface area (TPSA) is 85.6 Å². The summed E-state index contributed by atoms with van der Waals surface area (Å²) in [6.45, 7) is 5.80. The van der Waals surface area contributed by atoms with Crippen LogP contribution in [0.25, 0.3) is 0 Å². The summed E-state index contributed by atoms with van der Waals surface area (Å²) in [4.78, 5) is 4.75. The molecule has 0 spiro atoms. The van der Waals surface area contributed by atoms with Crippen molar-refractivity contribution in [3.63, 3.8) is 0 Å². The van der Waals surface area contributed by atoms with Crippen LogP contribution in [-0.2, 0) is 26.6 Å². The van der Waals surface area contributed by atoms with Gasteiger partial charge in [-0.1, -0.05) is 24.3 Å². The lowest BCUT2D eigenvalue weighted by molar-refractivity contribution is 0.411. The number of aliphatic imine (C=N–C) groups is 1. The van der Waals surface area contributed by atoms with Crippen LogP contribution in [0.5, 0.6) is 11.5 Å². The minimum Gasteiger partial charge on any atom is -0.497 e. The summed E-state index contributed by atoms with van der Waals surface area (Å²) in [6.07, 6.45) is 0.850. The number of benzene rings is 2. The Morgan fingerprint density at radius 2 is 1.72 bits per heavy atom. The van der Waals surface area contributed by atoms with E-state index in [-0.39, 0.29) is 0 Å². The molecule has 0 saturated carbocycles. The van der Waals surface area contributed by atoms with Gasteiger partial charge in [-0.05, 0) is 55.2 Å². The van der Waals surface area contributed by atoms with Gasteiger partial charge in [0, 0.05) is 13.6 Å². The van der Waals surface area contributed by atoms with Crippen molar-refractivity contribution >= 4 is 5.96 Å². The lowest BCUT2D eigenvalue weighted by Crippen LogP contribution is -2.38. The van der Waals surface area contributed by atoms with Gasteiger partial charge >= 0.3 is 0 Å². The molecule has 1 heterocycles. The number of rotatable bonds is 9. The van der Waals surface area contributed by atoms with Crippen LogP contribution in [-0.4, -0.2) is 41.5 Å². The van der Waals surface area contributed by atoms with Gasteiger partial charge in [-0.15, -0.1) is 10.2 Å². The van der Waals surface area contributed by atoms with E-state index in [0.29, 0.717) is 13.1 Å². The molecule has 0 fully saturated rings. The van der Waals surface area contributed by atoms with Gasteiger partial charge in [0.25, 0.3) is 0 Å². The standard InChI is InChI=1S/C24H32N6O2/c1-17-6-7-19(14-22(17)32-5)12-13-25-24(27-16-23-29-28-18(2)30(23)3)26-15-20-8-10-21(31-4)11-9-20/h6-11,14H,12-13,15-16H2,1-5H3,(H2,25,26,27). The summed E-state index contributed by atoms with van der Waals surface area (Å²) >= 11 is 0. The van der Waals surface area contributed by atoms with Crippen molar-refractivity contribution in [2.24, 2.45) is 12.0 Å². The van der Waals surface area contributed by atoms with Gasteiger partial charge in [0.2, 0.25) is 0 Å². The van der Waals surface area contributed by atoms with Crippen molar-refractivity contribution < 1.29 is 9.47 Å². The second-order valence-electron chi connectivity index (χ2n) is 7.57. The molecule has 2 N–H and O–H groups in total. The van der Waals surface area contributed by atoms with Crippen molar-refractivity contribution in [1.29, 1.82) is 0 Å². The molecule has 32 heavy (non-hydrogen) atoms. The third kappa shape index (κ3) is 6.23. The summed E-state index contributed by atoms with van der Waals surface area (Å²) in [5, 5.41) is 15.1. The molecule has 0 amide bonds. The van der Waals surface area contributed by atoms with Gasteiger partial charge in [0.1, 0.15) is 17.3 Å². The Bertz CT molecular complexity index is 1040. The number of methoxy groups -OCH3 is 2. The van der Waals surface area contributed by atoms with Crippen molar-refractivity contribution in [3.05, 3.63) is 70.8 Å². The lowest BCUT2D eigenvalue weighted by atomic mass is 10.1. The van der Waals surface area contributed by atoms with Crippen molar-refractivity contribution in [1.82, 2.24) is 25.4 Å². The molecule has 2 aromatic carbocycles. The van der Waals surface area contributed by atoms with E-state index < -0.39 is 0 Å². The first kappa shape index (κ1) is 23.1. The number of hydrogen-bond donors (Lipinski definition) is 2. The van der Waals surface area contributed by atoms with Crippen molar-refractivity contribution in [3.8, 4) is 11.5 Å². The molecule has 8 heteroatoms. The Balaban J connectivity index is 1.65. The summed E-state index contributed by atoms with van der Waals surface area (Å²) in [5.74, 6) is 4.19. The van der Waals surface area contributed by atoms with Gasteiger partial charge in [-0.3, -0.25) is 0 Å². The van der Waals surface area contributed by atoms with Crippen LogP contribution in [0, 0.1) is 13.8 Å². The smallest absolute Gasteiger partial charge is 0.191 e. The molecule has 0 radical (unpaired) electrons. The van der Waals surface area contributed by atoms with Crippen LogP contribution < -0.4 is 20.1 Å². The fourth-order valence-corrected chi connectivity index (χ4v) is 3.19. The highest BCUT2D eigenvalue weighted by Gasteiger charge is 2.07. The average molecular weight is 437 g/mol. The molecule has 0 aliphatic carbocycles. The van der Waals surface area contributed by atoms with E-state index in [2.05, 4.69) is 39.0 Å². The third-order valence-corrected chi connectivity index (χ3v) is 5.35. The van der Waals surface area contributed by atoms with Crippen LogP contribution >= 0.6 is 0 Å². The lowest BCUT2D eigenvalue weighted by Gasteiger charge is -2.13. The van der Waals surface area contributed by atoms with E-state index in [1.165, 1.54) is 5.56 Å². The Kier molecular flexibility index (Phi) is 8.08. The number of aryl methyl sites for hydroxylation is 2. The van der Waals surface area contributed by atoms with Crippen LogP contribution in [0.15, 0.2) is 47.5 Å². The molecule has 0 saturated heterocycles. The Hall–Kier alpha value is -3.55. The largest absolute Gasteiger partial charge is 0.497 e. The van der Waals surface area contributed by atoms with Crippen LogP contribution in [0.2, 0.25) is 0 Å². The number of ether oxygens (including phenoxy) is 2. The zero-order valence-electron chi connectivity index (χ0n) is 19.5. The summed E-state index contributed by atoms with van der Waals surface area (Å²) < 4.78 is 12.6. The molecule has 3 aromatic rings. The molecule has 0 unspecified atom stereocenters. The molecule has 1 aromatic heterocycles. The van der Waals surface area contributed by atoms with Crippen molar-refractivity contribution in [2.75, 3.05) is 20.8 Å². The molecule has 0 atom stereocenters. The molecular weight excluding hydrogens is 404 g/mol. The Morgan fingerprint density at radius 3 is 2.38 bits per heavy atom. The highest BCUT2D eigenvalue weighted by atomic mass is 16.5. The van der Waals surface area contributed by atoms with Gasteiger partial charge in [-0.25, -0.2) is 4.99 Å². The zero-order chi connectivity index (χ0) is 22.9. The molecule has 0 aliphatic heterocycles. The highest BCUT2D eigenvalue weighted by Crippen LogP contribution is 2.19. The SMILES string of the molecule is COc1ccc(CN=C(NCCc2ccc(C)c(OC)c2)NCc2nnc(C)n2C)cc1. The molecule has 0 aliphatic rings. The van der Waals surface area contributed by atoms with E-state index in [4.69, 9.17) is 14.5 Å². The fourth-order valence-electron chi connectivity index (χ4n) is 3.19. The van der Waals surface area contributed by atoms with Gasteiger partial charge in [-0.2, -0.15) is 0 Å².